The Bertz CT molecular complexity index is 1070. The zero-order valence-corrected chi connectivity index (χ0v) is 19.1. The van der Waals surface area contributed by atoms with Crippen molar-refractivity contribution in [2.75, 3.05) is 6.54 Å². The van der Waals surface area contributed by atoms with E-state index >= 15 is 0 Å². The van der Waals surface area contributed by atoms with Crippen LogP contribution in [0.3, 0.4) is 0 Å². The first-order chi connectivity index (χ1) is 13.8. The molecule has 0 saturated heterocycles. The maximum absolute atomic E-state index is 13.1. The Morgan fingerprint density at radius 3 is 2.55 bits per heavy atom. The third-order valence-electron chi connectivity index (χ3n) is 4.93. The monoisotopic (exact) mass is 429 g/mol. The van der Waals surface area contributed by atoms with Crippen LogP contribution in [0.15, 0.2) is 40.3 Å². The van der Waals surface area contributed by atoms with Crippen molar-refractivity contribution < 1.29 is 4.79 Å². The van der Waals surface area contributed by atoms with Crippen molar-refractivity contribution in [2.24, 2.45) is 0 Å². The van der Waals surface area contributed by atoms with Crippen LogP contribution >= 0.6 is 23.1 Å². The summed E-state index contributed by atoms with van der Waals surface area (Å²) in [4.78, 5) is 32.3. The number of aryl methyl sites for hydroxylation is 2. The van der Waals surface area contributed by atoms with Crippen molar-refractivity contribution in [1.82, 2.24) is 14.9 Å². The van der Waals surface area contributed by atoms with E-state index in [4.69, 9.17) is 4.98 Å². The Kier molecular flexibility index (Phi) is 6.80. The average Bonchev–Trinajstić information content (AvgIpc) is 2.96. The molecule has 2 aromatic heterocycles. The molecule has 0 spiro atoms. The van der Waals surface area contributed by atoms with Crippen molar-refractivity contribution in [1.29, 1.82) is 0 Å². The maximum Gasteiger partial charge on any atom is 0.263 e. The summed E-state index contributed by atoms with van der Waals surface area (Å²) in [5.74, 6) is -0.0471. The molecule has 5 nitrogen and oxygen atoms in total. The van der Waals surface area contributed by atoms with E-state index in [0.29, 0.717) is 17.1 Å². The highest BCUT2D eigenvalue weighted by atomic mass is 32.2. The minimum atomic E-state index is -0.345. The highest BCUT2D eigenvalue weighted by molar-refractivity contribution is 8.00. The van der Waals surface area contributed by atoms with Crippen molar-refractivity contribution in [3.05, 3.63) is 56.7 Å². The number of thiophene rings is 1. The second-order valence-electron chi connectivity index (χ2n) is 7.41. The molecular weight excluding hydrogens is 402 g/mol. The lowest BCUT2D eigenvalue weighted by atomic mass is 10.1. The molecule has 0 aliphatic rings. The number of thioether (sulfide) groups is 1. The van der Waals surface area contributed by atoms with Gasteiger partial charge in [-0.2, -0.15) is 0 Å². The van der Waals surface area contributed by atoms with Crippen molar-refractivity contribution in [3.63, 3.8) is 0 Å². The average molecular weight is 430 g/mol. The fraction of sp³-hybridized carbons (Fsp3) is 0.409. The van der Waals surface area contributed by atoms with Gasteiger partial charge in [-0.05, 0) is 52.2 Å². The molecule has 0 bridgehead atoms. The lowest BCUT2D eigenvalue weighted by Gasteiger charge is -2.18. The standard InChI is InChI=1S/C22H27N3O2S2/c1-13(2)25-21(27)18-14(3)15(4)28-20(18)24-22(25)29-16(5)19(26)23-12-11-17-9-7-6-8-10-17/h6-10,13,16H,11-12H2,1-5H3,(H,23,26). The third-order valence-corrected chi connectivity index (χ3v) is 7.09. The van der Waals surface area contributed by atoms with Crippen LogP contribution in [0.25, 0.3) is 10.2 Å². The van der Waals surface area contributed by atoms with E-state index in [2.05, 4.69) is 17.4 Å². The molecule has 1 aromatic carbocycles. The van der Waals surface area contributed by atoms with Gasteiger partial charge in [0.2, 0.25) is 5.91 Å². The van der Waals surface area contributed by atoms with Crippen molar-refractivity contribution >= 4 is 39.2 Å². The molecule has 1 N–H and O–H groups in total. The highest BCUT2D eigenvalue weighted by Crippen LogP contribution is 2.30. The molecule has 29 heavy (non-hydrogen) atoms. The van der Waals surface area contributed by atoms with Gasteiger partial charge in [-0.15, -0.1) is 11.3 Å². The molecule has 0 saturated carbocycles. The zero-order valence-electron chi connectivity index (χ0n) is 17.5. The number of benzene rings is 1. The first kappa shape index (κ1) is 21.6. The van der Waals surface area contributed by atoms with Gasteiger partial charge in [0.25, 0.3) is 5.56 Å². The van der Waals surface area contributed by atoms with Gasteiger partial charge in [-0.3, -0.25) is 14.2 Å². The predicted molar refractivity (Wildman–Crippen MR) is 122 cm³/mol. The number of carbonyl (C=O) groups excluding carboxylic acids is 1. The topological polar surface area (TPSA) is 64.0 Å². The highest BCUT2D eigenvalue weighted by Gasteiger charge is 2.22. The van der Waals surface area contributed by atoms with Gasteiger partial charge in [-0.25, -0.2) is 4.98 Å². The van der Waals surface area contributed by atoms with Crippen LogP contribution in [0.2, 0.25) is 0 Å². The molecule has 1 amide bonds. The summed E-state index contributed by atoms with van der Waals surface area (Å²) < 4.78 is 1.71. The molecule has 1 unspecified atom stereocenters. The Labute approximate surface area is 179 Å². The summed E-state index contributed by atoms with van der Waals surface area (Å²) in [6.45, 7) is 10.4. The van der Waals surface area contributed by atoms with E-state index in [1.807, 2.05) is 52.8 Å². The van der Waals surface area contributed by atoms with Gasteiger partial charge < -0.3 is 5.32 Å². The van der Waals surface area contributed by atoms with Crippen molar-refractivity contribution in [2.45, 2.75) is 57.5 Å². The minimum Gasteiger partial charge on any atom is -0.355 e. The van der Waals surface area contributed by atoms with Gasteiger partial charge in [-0.1, -0.05) is 42.1 Å². The van der Waals surface area contributed by atoms with Crippen molar-refractivity contribution in [3.8, 4) is 0 Å². The van der Waals surface area contributed by atoms with Crippen LogP contribution in [0.1, 0.15) is 42.8 Å². The summed E-state index contributed by atoms with van der Waals surface area (Å²) in [7, 11) is 0. The number of hydrogen-bond donors (Lipinski definition) is 1. The van der Waals surface area contributed by atoms with E-state index in [1.54, 1.807) is 4.57 Å². The van der Waals surface area contributed by atoms with Crippen LogP contribution in [0.4, 0.5) is 0 Å². The Hall–Kier alpha value is -2.12. The van der Waals surface area contributed by atoms with E-state index < -0.39 is 0 Å². The van der Waals surface area contributed by atoms with Gasteiger partial charge >= 0.3 is 0 Å². The number of nitrogens with zero attached hydrogens (tertiary/aromatic N) is 2. The molecule has 3 rings (SSSR count). The largest absolute Gasteiger partial charge is 0.355 e. The first-order valence-corrected chi connectivity index (χ1v) is 11.5. The Balaban J connectivity index is 1.76. The van der Waals surface area contributed by atoms with E-state index in [1.165, 1.54) is 28.7 Å². The van der Waals surface area contributed by atoms with Crippen LogP contribution in [-0.2, 0) is 11.2 Å². The number of amides is 1. The van der Waals surface area contributed by atoms with Crippen LogP contribution in [0, 0.1) is 13.8 Å². The fourth-order valence-corrected chi connectivity index (χ4v) is 5.29. The van der Waals surface area contributed by atoms with Crippen LogP contribution < -0.4 is 10.9 Å². The van der Waals surface area contributed by atoms with E-state index in [-0.39, 0.29) is 22.8 Å². The van der Waals surface area contributed by atoms with Gasteiger partial charge in [0.05, 0.1) is 10.6 Å². The molecule has 1 atom stereocenters. The number of fused-ring (bicyclic) bond motifs is 1. The first-order valence-electron chi connectivity index (χ1n) is 9.80. The molecule has 0 radical (unpaired) electrons. The predicted octanol–water partition coefficient (Wildman–Crippen LogP) is 4.50. The smallest absolute Gasteiger partial charge is 0.263 e. The minimum absolute atomic E-state index is 0.0222. The number of nitrogens with one attached hydrogen (secondary N) is 1. The Morgan fingerprint density at radius 1 is 1.21 bits per heavy atom. The molecule has 3 aromatic rings. The second kappa shape index (κ2) is 9.13. The molecule has 0 aliphatic heterocycles. The van der Waals surface area contributed by atoms with Gasteiger partial charge in [0.15, 0.2) is 5.16 Å². The zero-order chi connectivity index (χ0) is 21.1. The number of hydrogen-bond acceptors (Lipinski definition) is 5. The molecule has 2 heterocycles. The number of aromatic nitrogens is 2. The molecule has 7 heteroatoms. The summed E-state index contributed by atoms with van der Waals surface area (Å²) in [5, 5.41) is 3.95. The molecule has 154 valence electrons. The summed E-state index contributed by atoms with van der Waals surface area (Å²) in [5.41, 5.74) is 2.17. The molecular formula is C22H27N3O2S2. The van der Waals surface area contributed by atoms with Crippen LogP contribution in [0.5, 0.6) is 0 Å². The maximum atomic E-state index is 13.1. The van der Waals surface area contributed by atoms with Gasteiger partial charge in [0, 0.05) is 17.5 Å². The second-order valence-corrected chi connectivity index (χ2v) is 9.92. The fourth-order valence-electron chi connectivity index (χ4n) is 3.16. The summed E-state index contributed by atoms with van der Waals surface area (Å²) >= 11 is 2.88. The molecule has 0 aliphatic carbocycles. The van der Waals surface area contributed by atoms with E-state index in [0.717, 1.165) is 21.7 Å². The lowest BCUT2D eigenvalue weighted by molar-refractivity contribution is -0.120. The normalized spacial score (nSPS) is 12.5. The van der Waals surface area contributed by atoms with E-state index in [9.17, 15) is 9.59 Å². The third kappa shape index (κ3) is 4.73. The molecule has 0 fully saturated rings. The quantitative estimate of drug-likeness (QED) is 0.444. The van der Waals surface area contributed by atoms with Crippen LogP contribution in [-0.4, -0.2) is 27.3 Å². The Morgan fingerprint density at radius 2 is 1.90 bits per heavy atom. The summed E-state index contributed by atoms with van der Waals surface area (Å²) in [6, 6.07) is 10.0. The SMILES string of the molecule is Cc1sc2nc(SC(C)C(=O)NCCc3ccccc3)n(C(C)C)c(=O)c2c1C. The summed E-state index contributed by atoms with van der Waals surface area (Å²) in [6.07, 6.45) is 0.790. The number of carbonyl (C=O) groups is 1. The van der Waals surface area contributed by atoms with Gasteiger partial charge in [0.1, 0.15) is 4.83 Å². The lowest BCUT2D eigenvalue weighted by Crippen LogP contribution is -2.33. The number of rotatable bonds is 7.